The smallest absolute Gasteiger partial charge is 0.170 e. The van der Waals surface area contributed by atoms with Crippen LogP contribution in [0.4, 0.5) is 4.39 Å². The van der Waals surface area contributed by atoms with Crippen LogP contribution in [0.3, 0.4) is 0 Å². The first-order valence-electron chi connectivity index (χ1n) is 4.12. The number of halogens is 1. The molecule has 0 bridgehead atoms. The number of nitrogens with zero attached hydrogens (tertiary/aromatic N) is 3. The van der Waals surface area contributed by atoms with Crippen molar-refractivity contribution in [3.05, 3.63) is 40.0 Å². The van der Waals surface area contributed by atoms with Gasteiger partial charge < -0.3 is 4.74 Å². The molecule has 0 aliphatic heterocycles. The summed E-state index contributed by atoms with van der Waals surface area (Å²) in [5.41, 5.74) is 8.45. The maximum absolute atomic E-state index is 13.2. The number of hydrogen-bond donors (Lipinski definition) is 0. The molecule has 0 unspecified atom stereocenters. The van der Waals surface area contributed by atoms with Crippen LogP contribution in [-0.2, 0) is 0 Å². The van der Waals surface area contributed by atoms with Crippen molar-refractivity contribution in [2.75, 3.05) is 13.7 Å². The Morgan fingerprint density at radius 3 is 3.07 bits per heavy atom. The largest absolute Gasteiger partial charge is 0.492 e. The minimum Gasteiger partial charge on any atom is -0.492 e. The van der Waals surface area contributed by atoms with Gasteiger partial charge in [-0.1, -0.05) is 23.0 Å². The van der Waals surface area contributed by atoms with Gasteiger partial charge in [0.05, 0.1) is 19.2 Å². The molecule has 0 heterocycles. The van der Waals surface area contributed by atoms with Crippen LogP contribution in [0.2, 0.25) is 0 Å². The Morgan fingerprint density at radius 2 is 2.40 bits per heavy atom. The van der Waals surface area contributed by atoms with E-state index in [1.807, 2.05) is 0 Å². The predicted molar refractivity (Wildman–Crippen MR) is 53.8 cm³/mol. The highest BCUT2D eigenvalue weighted by Crippen LogP contribution is 2.20. The molecule has 0 saturated heterocycles. The molecule has 0 amide bonds. The zero-order chi connectivity index (χ0) is 11.1. The third-order valence-electron chi connectivity index (χ3n) is 1.61. The topological polar surface area (TPSA) is 58.0 Å². The van der Waals surface area contributed by atoms with E-state index < -0.39 is 5.82 Å². The van der Waals surface area contributed by atoms with Gasteiger partial charge >= 0.3 is 0 Å². The molecular weight excluding hydrogens is 197 g/mol. The van der Waals surface area contributed by atoms with Gasteiger partial charge in [-0.2, -0.15) is 0 Å². The molecule has 1 aromatic carbocycles. The molecule has 0 aliphatic carbocycles. The van der Waals surface area contributed by atoms with E-state index in [9.17, 15) is 4.39 Å². The van der Waals surface area contributed by atoms with Crippen molar-refractivity contribution < 1.29 is 9.13 Å². The molecule has 0 N–H and O–H groups in total. The van der Waals surface area contributed by atoms with Gasteiger partial charge in [0.1, 0.15) is 0 Å². The van der Waals surface area contributed by atoms with Crippen LogP contribution in [0.15, 0.2) is 23.3 Å². The second-order valence-electron chi connectivity index (χ2n) is 2.51. The summed E-state index contributed by atoms with van der Waals surface area (Å²) >= 11 is 0. The van der Waals surface area contributed by atoms with Gasteiger partial charge in [-0.15, -0.1) is 0 Å². The lowest BCUT2D eigenvalue weighted by molar-refractivity contribution is 0.385. The molecule has 1 rings (SSSR count). The minimum atomic E-state index is -0.465. The molecule has 0 aromatic heterocycles. The molecule has 0 saturated carbocycles. The molecule has 15 heavy (non-hydrogen) atoms. The summed E-state index contributed by atoms with van der Waals surface area (Å²) in [4.78, 5) is 2.54. The molecular formula is C10H8FN3O. The Balaban J connectivity index is 2.96. The fraction of sp³-hybridized carbons (Fsp3) is 0.200. The van der Waals surface area contributed by atoms with E-state index in [0.717, 1.165) is 0 Å². The van der Waals surface area contributed by atoms with Crippen LogP contribution < -0.4 is 4.74 Å². The Labute approximate surface area is 86.3 Å². The molecule has 5 heteroatoms. The standard InChI is InChI=1S/C10H8FN3O/c1-15-10-8(4-2-6-9(10)11)5-3-7-13-14-12/h2,4,6H,7H2,1H3. The van der Waals surface area contributed by atoms with Crippen LogP contribution >= 0.6 is 0 Å². The quantitative estimate of drug-likeness (QED) is 0.316. The number of ether oxygens (including phenoxy) is 1. The van der Waals surface area contributed by atoms with E-state index in [0.29, 0.717) is 5.56 Å². The Kier molecular flexibility index (Phi) is 4.02. The number of methoxy groups -OCH3 is 1. The zero-order valence-electron chi connectivity index (χ0n) is 8.07. The van der Waals surface area contributed by atoms with Crippen molar-refractivity contribution in [2.45, 2.75) is 0 Å². The Morgan fingerprint density at radius 1 is 1.60 bits per heavy atom. The van der Waals surface area contributed by atoms with Crippen molar-refractivity contribution in [3.8, 4) is 17.6 Å². The van der Waals surface area contributed by atoms with Crippen molar-refractivity contribution in [2.24, 2.45) is 5.11 Å². The SMILES string of the molecule is COc1c(F)cccc1C#CCN=[N+]=[N-]. The van der Waals surface area contributed by atoms with Crippen LogP contribution in [0.25, 0.3) is 10.4 Å². The van der Waals surface area contributed by atoms with Gasteiger partial charge in [-0.3, -0.25) is 0 Å². The summed E-state index contributed by atoms with van der Waals surface area (Å²) in [7, 11) is 1.37. The second-order valence-corrected chi connectivity index (χ2v) is 2.51. The van der Waals surface area contributed by atoms with Gasteiger partial charge in [0.25, 0.3) is 0 Å². The first-order chi connectivity index (χ1) is 7.29. The lowest BCUT2D eigenvalue weighted by atomic mass is 10.2. The summed E-state index contributed by atoms with van der Waals surface area (Å²) in [5.74, 6) is 4.89. The van der Waals surface area contributed by atoms with Crippen molar-refractivity contribution in [1.82, 2.24) is 0 Å². The molecule has 0 spiro atoms. The number of hydrogen-bond acceptors (Lipinski definition) is 2. The fourth-order valence-electron chi connectivity index (χ4n) is 1.02. The lowest BCUT2D eigenvalue weighted by Gasteiger charge is -2.03. The maximum Gasteiger partial charge on any atom is 0.170 e. The molecule has 1 aromatic rings. The summed E-state index contributed by atoms with van der Waals surface area (Å²) in [6, 6.07) is 4.46. The van der Waals surface area contributed by atoms with E-state index in [-0.39, 0.29) is 12.3 Å². The first kappa shape index (κ1) is 10.9. The first-order valence-corrected chi connectivity index (χ1v) is 4.12. The second kappa shape index (κ2) is 5.53. The van der Waals surface area contributed by atoms with Crippen LogP contribution in [0.1, 0.15) is 5.56 Å². The third kappa shape index (κ3) is 2.90. The van der Waals surface area contributed by atoms with Crippen LogP contribution in [0, 0.1) is 17.7 Å². The normalized spacial score (nSPS) is 8.40. The van der Waals surface area contributed by atoms with Crippen LogP contribution in [-0.4, -0.2) is 13.7 Å². The van der Waals surface area contributed by atoms with E-state index in [4.69, 9.17) is 10.3 Å². The van der Waals surface area contributed by atoms with E-state index in [2.05, 4.69) is 21.9 Å². The average molecular weight is 205 g/mol. The van der Waals surface area contributed by atoms with E-state index in [1.165, 1.54) is 19.2 Å². The number of para-hydroxylation sites is 1. The van der Waals surface area contributed by atoms with Gasteiger partial charge in [-0.05, 0) is 17.7 Å². The van der Waals surface area contributed by atoms with Gasteiger partial charge in [0, 0.05) is 4.91 Å². The lowest BCUT2D eigenvalue weighted by Crippen LogP contribution is -1.91. The Hall–Kier alpha value is -2.18. The van der Waals surface area contributed by atoms with Crippen molar-refractivity contribution in [3.63, 3.8) is 0 Å². The number of benzene rings is 1. The van der Waals surface area contributed by atoms with Crippen molar-refractivity contribution >= 4 is 0 Å². The van der Waals surface area contributed by atoms with Crippen LogP contribution in [0.5, 0.6) is 5.75 Å². The fourth-order valence-corrected chi connectivity index (χ4v) is 1.02. The summed E-state index contributed by atoms with van der Waals surface area (Å²) in [6.45, 7) is 0.0518. The zero-order valence-corrected chi connectivity index (χ0v) is 8.07. The van der Waals surface area contributed by atoms with Crippen molar-refractivity contribution in [1.29, 1.82) is 0 Å². The highest BCUT2D eigenvalue weighted by atomic mass is 19.1. The molecule has 0 atom stereocenters. The summed E-state index contributed by atoms with van der Waals surface area (Å²) < 4.78 is 18.0. The maximum atomic E-state index is 13.2. The predicted octanol–water partition coefficient (Wildman–Crippen LogP) is 2.50. The molecule has 0 aliphatic rings. The third-order valence-corrected chi connectivity index (χ3v) is 1.61. The highest BCUT2D eigenvalue weighted by molar-refractivity contribution is 5.46. The van der Waals surface area contributed by atoms with Gasteiger partial charge in [0.2, 0.25) is 0 Å². The molecule has 76 valence electrons. The molecule has 4 nitrogen and oxygen atoms in total. The van der Waals surface area contributed by atoms with Gasteiger partial charge in [-0.25, -0.2) is 4.39 Å². The minimum absolute atomic E-state index is 0.0518. The average Bonchev–Trinajstić information content (AvgIpc) is 2.24. The summed E-state index contributed by atoms with van der Waals surface area (Å²) in [5, 5.41) is 3.24. The number of rotatable bonds is 2. The molecule has 0 fully saturated rings. The Bertz CT molecular complexity index is 455. The number of azide groups is 1. The van der Waals surface area contributed by atoms with Gasteiger partial charge in [0.15, 0.2) is 11.6 Å². The monoisotopic (exact) mass is 205 g/mol. The van der Waals surface area contributed by atoms with E-state index in [1.54, 1.807) is 6.07 Å². The highest BCUT2D eigenvalue weighted by Gasteiger charge is 2.05. The molecule has 0 radical (unpaired) electrons. The summed E-state index contributed by atoms with van der Waals surface area (Å²) in [6.07, 6.45) is 0. The van der Waals surface area contributed by atoms with E-state index >= 15 is 0 Å².